The van der Waals surface area contributed by atoms with Gasteiger partial charge in [-0.3, -0.25) is 0 Å². The summed E-state index contributed by atoms with van der Waals surface area (Å²) in [6, 6.07) is 30.2. The van der Waals surface area contributed by atoms with Crippen LogP contribution in [0.5, 0.6) is 11.5 Å². The summed E-state index contributed by atoms with van der Waals surface area (Å²) in [6.45, 7) is 2.86. The molecule has 0 amide bonds. The standard InChI is InChI=1S/C22H23NO2/c1-4-10-20(11-5-1)23(16-18-24-21-12-6-2-7-13-21)17-19-25-22-14-8-3-9-15-22/h1-15H,16-19H2. The van der Waals surface area contributed by atoms with E-state index in [2.05, 4.69) is 29.2 Å². The quantitative estimate of drug-likeness (QED) is 0.569. The average molecular weight is 333 g/mol. The summed E-state index contributed by atoms with van der Waals surface area (Å²) in [5, 5.41) is 0. The third kappa shape index (κ3) is 5.57. The summed E-state index contributed by atoms with van der Waals surface area (Å²) in [6.07, 6.45) is 0. The lowest BCUT2D eigenvalue weighted by Crippen LogP contribution is -2.32. The molecule has 0 atom stereocenters. The van der Waals surface area contributed by atoms with E-state index in [-0.39, 0.29) is 0 Å². The van der Waals surface area contributed by atoms with E-state index in [4.69, 9.17) is 9.47 Å². The molecule has 0 aliphatic rings. The molecule has 0 heterocycles. The van der Waals surface area contributed by atoms with E-state index in [1.165, 1.54) is 5.69 Å². The Morgan fingerprint density at radius 3 is 1.36 bits per heavy atom. The third-order valence-corrected chi connectivity index (χ3v) is 3.87. The van der Waals surface area contributed by atoms with Gasteiger partial charge in [0, 0.05) is 5.69 Å². The summed E-state index contributed by atoms with van der Waals surface area (Å²) in [5.41, 5.74) is 1.18. The van der Waals surface area contributed by atoms with Crippen LogP contribution in [0.15, 0.2) is 91.0 Å². The normalized spacial score (nSPS) is 10.2. The smallest absolute Gasteiger partial charge is 0.119 e. The predicted octanol–water partition coefficient (Wildman–Crippen LogP) is 4.65. The molecule has 0 unspecified atom stereocenters. The highest BCUT2D eigenvalue weighted by Crippen LogP contribution is 2.15. The Morgan fingerprint density at radius 2 is 0.920 bits per heavy atom. The lowest BCUT2D eigenvalue weighted by Gasteiger charge is -2.25. The Hall–Kier alpha value is -2.94. The average Bonchev–Trinajstić information content (AvgIpc) is 2.69. The molecule has 0 radical (unpaired) electrons. The summed E-state index contributed by atoms with van der Waals surface area (Å²) in [5.74, 6) is 1.80. The molecule has 0 bridgehead atoms. The number of hydrogen-bond acceptors (Lipinski definition) is 3. The zero-order valence-electron chi connectivity index (χ0n) is 14.3. The second-order valence-corrected chi connectivity index (χ2v) is 5.65. The molecule has 0 saturated heterocycles. The minimum absolute atomic E-state index is 0.629. The van der Waals surface area contributed by atoms with Crippen LogP contribution in [0.1, 0.15) is 0 Å². The van der Waals surface area contributed by atoms with Gasteiger partial charge in [0.1, 0.15) is 24.7 Å². The van der Waals surface area contributed by atoms with Crippen LogP contribution < -0.4 is 14.4 Å². The van der Waals surface area contributed by atoms with Crippen LogP contribution in [0.4, 0.5) is 5.69 Å². The highest BCUT2D eigenvalue weighted by Gasteiger charge is 2.07. The first-order chi connectivity index (χ1) is 12.4. The van der Waals surface area contributed by atoms with Crippen molar-refractivity contribution in [3.05, 3.63) is 91.0 Å². The lowest BCUT2D eigenvalue weighted by atomic mass is 10.3. The molecule has 0 aliphatic heterocycles. The summed E-state index contributed by atoms with van der Waals surface area (Å²) in [4.78, 5) is 2.28. The lowest BCUT2D eigenvalue weighted by molar-refractivity contribution is 0.303. The van der Waals surface area contributed by atoms with Crippen LogP contribution in [0.2, 0.25) is 0 Å². The first-order valence-corrected chi connectivity index (χ1v) is 8.57. The molecule has 0 saturated carbocycles. The molecule has 128 valence electrons. The van der Waals surface area contributed by atoms with Crippen molar-refractivity contribution in [1.82, 2.24) is 0 Å². The molecular formula is C22H23NO2. The van der Waals surface area contributed by atoms with Crippen LogP contribution in [0.3, 0.4) is 0 Å². The molecular weight excluding hydrogens is 310 g/mol. The van der Waals surface area contributed by atoms with Crippen molar-refractivity contribution in [2.45, 2.75) is 0 Å². The highest BCUT2D eigenvalue weighted by molar-refractivity contribution is 5.46. The molecule has 0 spiro atoms. The van der Waals surface area contributed by atoms with Crippen LogP contribution in [0.25, 0.3) is 0 Å². The number of ether oxygens (including phenoxy) is 2. The van der Waals surface area contributed by atoms with Crippen LogP contribution in [0, 0.1) is 0 Å². The second kappa shape index (κ2) is 9.38. The molecule has 3 heteroatoms. The van der Waals surface area contributed by atoms with Gasteiger partial charge in [0.15, 0.2) is 0 Å². The number of nitrogens with zero attached hydrogens (tertiary/aromatic N) is 1. The van der Waals surface area contributed by atoms with Crippen LogP contribution >= 0.6 is 0 Å². The number of anilines is 1. The largest absolute Gasteiger partial charge is 0.492 e. The van der Waals surface area contributed by atoms with Gasteiger partial charge >= 0.3 is 0 Å². The minimum Gasteiger partial charge on any atom is -0.492 e. The summed E-state index contributed by atoms with van der Waals surface area (Å²) in [7, 11) is 0. The number of rotatable bonds is 9. The predicted molar refractivity (Wildman–Crippen MR) is 103 cm³/mol. The van der Waals surface area contributed by atoms with Gasteiger partial charge in [0.2, 0.25) is 0 Å². The molecule has 3 nitrogen and oxygen atoms in total. The monoisotopic (exact) mass is 333 g/mol. The van der Waals surface area contributed by atoms with E-state index in [9.17, 15) is 0 Å². The number of para-hydroxylation sites is 3. The Balaban J connectivity index is 1.54. The highest BCUT2D eigenvalue weighted by atomic mass is 16.5. The fraction of sp³-hybridized carbons (Fsp3) is 0.182. The maximum absolute atomic E-state index is 5.84. The van der Waals surface area contributed by atoms with Gasteiger partial charge in [-0.05, 0) is 36.4 Å². The van der Waals surface area contributed by atoms with Crippen molar-refractivity contribution in [2.75, 3.05) is 31.2 Å². The van der Waals surface area contributed by atoms with E-state index in [0.29, 0.717) is 13.2 Å². The number of hydrogen-bond donors (Lipinski definition) is 0. The minimum atomic E-state index is 0.629. The Kier molecular flexibility index (Phi) is 6.34. The van der Waals surface area contributed by atoms with Gasteiger partial charge in [-0.2, -0.15) is 0 Å². The third-order valence-electron chi connectivity index (χ3n) is 3.87. The van der Waals surface area contributed by atoms with E-state index >= 15 is 0 Å². The van der Waals surface area contributed by atoms with Gasteiger partial charge in [-0.25, -0.2) is 0 Å². The molecule has 0 aromatic heterocycles. The molecule has 3 aromatic rings. The van der Waals surface area contributed by atoms with Gasteiger partial charge in [-0.15, -0.1) is 0 Å². The molecule has 0 fully saturated rings. The topological polar surface area (TPSA) is 21.7 Å². The van der Waals surface area contributed by atoms with Gasteiger partial charge in [0.05, 0.1) is 13.1 Å². The van der Waals surface area contributed by atoms with Gasteiger partial charge in [-0.1, -0.05) is 54.6 Å². The maximum atomic E-state index is 5.84. The fourth-order valence-corrected chi connectivity index (χ4v) is 2.59. The molecule has 25 heavy (non-hydrogen) atoms. The van der Waals surface area contributed by atoms with E-state index < -0.39 is 0 Å². The second-order valence-electron chi connectivity index (χ2n) is 5.65. The Bertz CT molecular complexity index is 671. The van der Waals surface area contributed by atoms with E-state index in [1.807, 2.05) is 66.7 Å². The zero-order valence-corrected chi connectivity index (χ0v) is 14.3. The molecule has 0 N–H and O–H groups in total. The van der Waals surface area contributed by atoms with Crippen molar-refractivity contribution in [3.63, 3.8) is 0 Å². The molecule has 0 aliphatic carbocycles. The van der Waals surface area contributed by atoms with Crippen molar-refractivity contribution in [3.8, 4) is 11.5 Å². The van der Waals surface area contributed by atoms with Crippen molar-refractivity contribution < 1.29 is 9.47 Å². The zero-order chi connectivity index (χ0) is 17.2. The summed E-state index contributed by atoms with van der Waals surface area (Å²) >= 11 is 0. The van der Waals surface area contributed by atoms with Crippen LogP contribution in [-0.4, -0.2) is 26.3 Å². The van der Waals surface area contributed by atoms with E-state index in [0.717, 1.165) is 24.6 Å². The van der Waals surface area contributed by atoms with Crippen molar-refractivity contribution in [1.29, 1.82) is 0 Å². The van der Waals surface area contributed by atoms with Gasteiger partial charge in [0.25, 0.3) is 0 Å². The SMILES string of the molecule is c1ccc(OCCN(CCOc2ccccc2)c2ccccc2)cc1. The fourth-order valence-electron chi connectivity index (χ4n) is 2.59. The first kappa shape index (κ1) is 16.9. The van der Waals surface area contributed by atoms with Crippen molar-refractivity contribution >= 4 is 5.69 Å². The Morgan fingerprint density at radius 1 is 0.520 bits per heavy atom. The van der Waals surface area contributed by atoms with E-state index in [1.54, 1.807) is 0 Å². The molecule has 3 rings (SSSR count). The maximum Gasteiger partial charge on any atom is 0.119 e. The van der Waals surface area contributed by atoms with Crippen molar-refractivity contribution in [2.24, 2.45) is 0 Å². The molecule has 3 aromatic carbocycles. The Labute approximate surface area is 149 Å². The van der Waals surface area contributed by atoms with Crippen LogP contribution in [-0.2, 0) is 0 Å². The number of benzene rings is 3. The van der Waals surface area contributed by atoms with Gasteiger partial charge < -0.3 is 14.4 Å². The summed E-state index contributed by atoms with van der Waals surface area (Å²) < 4.78 is 11.7. The first-order valence-electron chi connectivity index (χ1n) is 8.57.